The van der Waals surface area contributed by atoms with Gasteiger partial charge in [-0.3, -0.25) is 14.8 Å². The number of alkyl halides is 3. The second-order valence-electron chi connectivity index (χ2n) is 6.30. The predicted molar refractivity (Wildman–Crippen MR) is 83.2 cm³/mol. The van der Waals surface area contributed by atoms with Gasteiger partial charge in [0, 0.05) is 30.9 Å². The highest BCUT2D eigenvalue weighted by atomic mass is 19.4. The molecular formula is C15H21F3N4O3. The van der Waals surface area contributed by atoms with Crippen LogP contribution in [0, 0.1) is 18.8 Å². The van der Waals surface area contributed by atoms with Gasteiger partial charge >= 0.3 is 18.2 Å². The van der Waals surface area contributed by atoms with Crippen molar-refractivity contribution in [2.45, 2.75) is 39.4 Å². The fraction of sp³-hybridized carbons (Fsp3) is 0.667. The van der Waals surface area contributed by atoms with E-state index >= 15 is 0 Å². The molecule has 0 saturated carbocycles. The number of urea groups is 1. The van der Waals surface area contributed by atoms with Gasteiger partial charge in [-0.15, -0.1) is 0 Å². The van der Waals surface area contributed by atoms with Crippen LogP contribution in [0.5, 0.6) is 0 Å². The molecule has 1 aliphatic rings. The zero-order chi connectivity index (χ0) is 18.9. The minimum atomic E-state index is -4.67. The van der Waals surface area contributed by atoms with Gasteiger partial charge in [-0.2, -0.15) is 18.3 Å². The number of halogens is 3. The van der Waals surface area contributed by atoms with Gasteiger partial charge in [-0.1, -0.05) is 6.92 Å². The lowest BCUT2D eigenvalue weighted by atomic mass is 9.96. The Labute approximate surface area is 142 Å². The number of likely N-dealkylation sites (tertiary alicyclic amines) is 1. The van der Waals surface area contributed by atoms with E-state index in [1.54, 1.807) is 10.7 Å². The summed E-state index contributed by atoms with van der Waals surface area (Å²) in [5.74, 6) is -5.07. The number of anilines is 1. The van der Waals surface area contributed by atoms with E-state index in [1.807, 2.05) is 20.8 Å². The number of hydrogen-bond acceptors (Lipinski definition) is 3. The monoisotopic (exact) mass is 362 g/mol. The van der Waals surface area contributed by atoms with Gasteiger partial charge in [0.25, 0.3) is 0 Å². The molecule has 1 fully saturated rings. The Kier molecular flexibility index (Phi) is 5.28. The van der Waals surface area contributed by atoms with Gasteiger partial charge in [-0.05, 0) is 20.3 Å². The van der Waals surface area contributed by atoms with Gasteiger partial charge in [0.05, 0.1) is 11.8 Å². The number of aromatic nitrogens is 2. The Bertz CT molecular complexity index is 659. The zero-order valence-corrected chi connectivity index (χ0v) is 14.2. The average Bonchev–Trinajstić information content (AvgIpc) is 3.10. The Morgan fingerprint density at radius 3 is 2.56 bits per heavy atom. The molecule has 0 radical (unpaired) electrons. The Hall–Kier alpha value is -2.26. The number of carboxylic acid groups (broad SMARTS) is 1. The van der Waals surface area contributed by atoms with Crippen LogP contribution in [0.4, 0.5) is 23.8 Å². The van der Waals surface area contributed by atoms with Gasteiger partial charge in [0.2, 0.25) is 0 Å². The molecule has 0 aromatic carbocycles. The van der Waals surface area contributed by atoms with E-state index in [1.165, 1.54) is 0 Å². The van der Waals surface area contributed by atoms with Gasteiger partial charge in [0.15, 0.2) is 5.82 Å². The molecule has 3 atom stereocenters. The lowest BCUT2D eigenvalue weighted by Crippen LogP contribution is -2.35. The van der Waals surface area contributed by atoms with Gasteiger partial charge in [-0.25, -0.2) is 4.79 Å². The van der Waals surface area contributed by atoms with E-state index in [0.717, 1.165) is 17.0 Å². The fourth-order valence-corrected chi connectivity index (χ4v) is 2.91. The van der Waals surface area contributed by atoms with Crippen LogP contribution >= 0.6 is 0 Å². The number of nitrogens with one attached hydrogen (secondary N) is 1. The minimum absolute atomic E-state index is 0.114. The molecule has 25 heavy (non-hydrogen) atoms. The summed E-state index contributed by atoms with van der Waals surface area (Å²) in [6, 6.07) is 0.950. The first-order valence-electron chi connectivity index (χ1n) is 7.96. The first-order chi connectivity index (χ1) is 11.5. The molecule has 7 nitrogen and oxygen atoms in total. The summed E-state index contributed by atoms with van der Waals surface area (Å²) < 4.78 is 40.7. The van der Waals surface area contributed by atoms with Crippen molar-refractivity contribution >= 4 is 17.8 Å². The van der Waals surface area contributed by atoms with Crippen molar-refractivity contribution < 1.29 is 27.9 Å². The molecule has 140 valence electrons. The van der Waals surface area contributed by atoms with Crippen LogP contribution in [0.2, 0.25) is 0 Å². The largest absolute Gasteiger partial charge is 0.481 e. The van der Waals surface area contributed by atoms with Crippen LogP contribution in [0.25, 0.3) is 0 Å². The Morgan fingerprint density at radius 2 is 2.08 bits per heavy atom. The summed E-state index contributed by atoms with van der Waals surface area (Å²) >= 11 is 0. The maximum atomic E-state index is 13.0. The van der Waals surface area contributed by atoms with Crippen molar-refractivity contribution in [3.8, 4) is 0 Å². The molecule has 10 heteroatoms. The van der Waals surface area contributed by atoms with E-state index in [2.05, 4.69) is 10.4 Å². The topological polar surface area (TPSA) is 87.5 Å². The molecule has 0 spiro atoms. The maximum Gasteiger partial charge on any atom is 0.394 e. The van der Waals surface area contributed by atoms with Crippen LogP contribution in [0.15, 0.2) is 6.07 Å². The molecule has 0 bridgehead atoms. The molecule has 1 aliphatic heterocycles. The molecule has 0 aliphatic carbocycles. The van der Waals surface area contributed by atoms with Crippen LogP contribution in [-0.2, 0) is 4.79 Å². The first kappa shape index (κ1) is 19.1. The summed E-state index contributed by atoms with van der Waals surface area (Å²) in [7, 11) is 0. The molecule has 2 heterocycles. The SMILES string of the molecule is CCC(C)n1nc(NC(=O)N2C[C@@H](C(F)(F)F)[C@H](C(=O)O)C2)cc1C. The van der Waals surface area contributed by atoms with E-state index in [-0.39, 0.29) is 11.9 Å². The van der Waals surface area contributed by atoms with Crippen LogP contribution in [0.3, 0.4) is 0 Å². The molecule has 2 N–H and O–H groups in total. The fourth-order valence-electron chi connectivity index (χ4n) is 2.91. The summed E-state index contributed by atoms with van der Waals surface area (Å²) in [6.07, 6.45) is -3.84. The standard InChI is InChI=1S/C15H21F3N4O3/c1-4-8(2)22-9(3)5-12(20-22)19-14(25)21-6-10(13(23)24)11(7-21)15(16,17)18/h5,8,10-11H,4,6-7H2,1-3H3,(H,23,24)(H,19,20,25)/t8?,10-,11-/m1/s1. The summed E-state index contributed by atoms with van der Waals surface area (Å²) in [6.45, 7) is 4.58. The van der Waals surface area contributed by atoms with Gasteiger partial charge in [0.1, 0.15) is 0 Å². The lowest BCUT2D eigenvalue weighted by molar-refractivity contribution is -0.187. The normalized spacial score (nSPS) is 22.1. The first-order valence-corrected chi connectivity index (χ1v) is 7.96. The van der Waals surface area contributed by atoms with E-state index in [9.17, 15) is 22.8 Å². The molecular weight excluding hydrogens is 341 g/mol. The number of amides is 2. The lowest BCUT2D eigenvalue weighted by Gasteiger charge is -2.18. The van der Waals surface area contributed by atoms with Crippen molar-refractivity contribution in [1.82, 2.24) is 14.7 Å². The quantitative estimate of drug-likeness (QED) is 0.862. The van der Waals surface area contributed by atoms with Crippen molar-refractivity contribution in [3.05, 3.63) is 11.8 Å². The second-order valence-corrected chi connectivity index (χ2v) is 6.30. The Balaban J connectivity index is 2.10. The summed E-state index contributed by atoms with van der Waals surface area (Å²) in [5.41, 5.74) is 0.808. The third kappa shape index (κ3) is 4.05. The number of rotatable bonds is 4. The number of carbonyl (C=O) groups excluding carboxylic acids is 1. The number of carboxylic acids is 1. The number of aliphatic carboxylic acids is 1. The van der Waals surface area contributed by atoms with Crippen molar-refractivity contribution in [2.75, 3.05) is 18.4 Å². The molecule has 1 aromatic rings. The molecule has 2 rings (SSSR count). The smallest absolute Gasteiger partial charge is 0.394 e. The predicted octanol–water partition coefficient (Wildman–Crippen LogP) is 2.89. The highest BCUT2D eigenvalue weighted by Crippen LogP contribution is 2.37. The number of aryl methyl sites for hydroxylation is 1. The maximum absolute atomic E-state index is 13.0. The van der Waals surface area contributed by atoms with E-state index in [0.29, 0.717) is 0 Å². The highest BCUT2D eigenvalue weighted by molar-refractivity contribution is 5.89. The summed E-state index contributed by atoms with van der Waals surface area (Å²) in [5, 5.41) is 15.7. The van der Waals surface area contributed by atoms with Crippen LogP contribution in [-0.4, -0.2) is 51.1 Å². The van der Waals surface area contributed by atoms with Crippen molar-refractivity contribution in [1.29, 1.82) is 0 Å². The van der Waals surface area contributed by atoms with E-state index < -0.39 is 43.1 Å². The molecule has 1 unspecified atom stereocenters. The summed E-state index contributed by atoms with van der Waals surface area (Å²) in [4.78, 5) is 24.2. The number of hydrogen-bond donors (Lipinski definition) is 2. The van der Waals surface area contributed by atoms with Gasteiger partial charge < -0.3 is 10.0 Å². The number of carbonyl (C=O) groups is 2. The van der Waals surface area contributed by atoms with Crippen molar-refractivity contribution in [2.24, 2.45) is 11.8 Å². The molecule has 1 saturated heterocycles. The molecule has 2 amide bonds. The zero-order valence-electron chi connectivity index (χ0n) is 14.2. The average molecular weight is 362 g/mol. The van der Waals surface area contributed by atoms with E-state index in [4.69, 9.17) is 5.11 Å². The third-order valence-electron chi connectivity index (χ3n) is 4.51. The Morgan fingerprint density at radius 1 is 1.44 bits per heavy atom. The van der Waals surface area contributed by atoms with Crippen molar-refractivity contribution in [3.63, 3.8) is 0 Å². The molecule has 1 aromatic heterocycles. The second kappa shape index (κ2) is 6.93. The minimum Gasteiger partial charge on any atom is -0.481 e. The highest BCUT2D eigenvalue weighted by Gasteiger charge is 2.53. The van der Waals surface area contributed by atoms with Crippen LogP contribution < -0.4 is 5.32 Å². The van der Waals surface area contributed by atoms with Crippen LogP contribution in [0.1, 0.15) is 32.0 Å². The third-order valence-corrected chi connectivity index (χ3v) is 4.51. The number of nitrogens with zero attached hydrogens (tertiary/aromatic N) is 3.